The Bertz CT molecular complexity index is 3450. The van der Waals surface area contributed by atoms with E-state index < -0.39 is 24.2 Å². The molecule has 416 valence electrons. The molecule has 0 amide bonds. The molecule has 4 atom stereocenters. The number of nitrogens with zero attached hydrogens (tertiary/aromatic N) is 10. The Balaban J connectivity index is 0.836. The molecule has 18 heteroatoms. The van der Waals surface area contributed by atoms with E-state index in [9.17, 15) is 20.4 Å². The molecule has 84 heavy (non-hydrogen) atoms. The van der Waals surface area contributed by atoms with Crippen LogP contribution >= 0.6 is 0 Å². The minimum absolute atomic E-state index is 0.241. The molecule has 17 rings (SSSR count). The van der Waals surface area contributed by atoms with Crippen LogP contribution in [0.4, 0.5) is 0 Å². The van der Waals surface area contributed by atoms with Gasteiger partial charge in [0.15, 0.2) is 0 Å². The van der Waals surface area contributed by atoms with Crippen LogP contribution in [0, 0.1) is 0 Å². The number of hydrogen-bond donors (Lipinski definition) is 4. The first-order chi connectivity index (χ1) is 41.3. The third-order valence-corrected chi connectivity index (χ3v) is 13.3. The fourth-order valence-electron chi connectivity index (χ4n) is 8.88. The summed E-state index contributed by atoms with van der Waals surface area (Å²) in [6, 6.07) is 52.0. The molecule has 7 aliphatic heterocycles. The molecule has 6 aromatic heterocycles. The van der Waals surface area contributed by atoms with Gasteiger partial charge in [0.25, 0.3) is 0 Å². The van der Waals surface area contributed by atoms with Crippen molar-refractivity contribution in [2.45, 2.75) is 24.2 Å². The van der Waals surface area contributed by atoms with Gasteiger partial charge in [0.1, 0.15) is 46.0 Å². The lowest BCUT2D eigenvalue weighted by molar-refractivity contribution is 0.269. The maximum Gasteiger partial charge on any atom is 0.131 e. The molecule has 0 unspecified atom stereocenters. The van der Waals surface area contributed by atoms with Gasteiger partial charge in [-0.1, -0.05) is 60.7 Å². The largest absolute Gasteiger partial charge is 0.457 e. The average Bonchev–Trinajstić information content (AvgIpc) is 3.71. The summed E-state index contributed by atoms with van der Waals surface area (Å²) < 4.78 is 24.9. The second-order valence-electron chi connectivity index (χ2n) is 19.1. The number of hydrogen-bond acceptors (Lipinski definition) is 18. The first-order valence-electron chi connectivity index (χ1n) is 26.8. The van der Waals surface area contributed by atoms with Gasteiger partial charge in [-0.25, -0.2) is 9.97 Å². The standard InChI is InChI=1S/C66H54N10O8/c77-39-63-43-7-15-51(16-8-43)81-55-23-27-67-59(31-55)61-33-57(25-29-69-61)83-53-19-11-45(12-20-53)65(41-79)73-37-49-5-2-6-50(76-49)38-74-66(42-80)46-13-21-54(22-14-46)84-58-26-30-70-62(34-58)60-32-56(24-28-68-60)82-52-17-9-44(10-18-52)64(40-78)72-36-48-4-1-3-47(75-48)35-71-63/h1-38,63-66,77-80H,39-42H2/t63-,64-,65-,66-/m0/s1. The maximum absolute atomic E-state index is 10.4. The van der Waals surface area contributed by atoms with Gasteiger partial charge in [-0.15, -0.1) is 0 Å². The van der Waals surface area contributed by atoms with Crippen LogP contribution in [0.25, 0.3) is 22.8 Å². The van der Waals surface area contributed by atoms with Gasteiger partial charge < -0.3 is 39.4 Å². The van der Waals surface area contributed by atoms with Crippen molar-refractivity contribution in [1.82, 2.24) is 29.9 Å². The molecule has 0 saturated carbocycles. The zero-order chi connectivity index (χ0) is 57.5. The van der Waals surface area contributed by atoms with Crippen molar-refractivity contribution >= 4 is 24.9 Å². The number of benzene rings is 4. The van der Waals surface area contributed by atoms with Gasteiger partial charge in [-0.05, 0) is 119 Å². The lowest BCUT2D eigenvalue weighted by Crippen LogP contribution is -2.04. The Hall–Kier alpha value is -10.5. The number of pyridine rings is 6. The van der Waals surface area contributed by atoms with Crippen LogP contribution in [0.2, 0.25) is 0 Å². The SMILES string of the molecule is OC[C@@H]1N=Cc2cccc(n2)C=N[C@@H](CO)c2ccc(cc2)Oc2ccnc(c2)-c2cc(ccn2)Oc2ccc(cc2)[C@H](CO)N=Cc2cccc(n2)C=N[C@@H](CO)c2ccc(cc2)Oc2ccnc(c2)-c2cc(ccn2)Oc2ccc1cc2. The van der Waals surface area contributed by atoms with Crippen LogP contribution < -0.4 is 18.9 Å². The molecule has 20 bridgehead atoms. The minimum Gasteiger partial charge on any atom is -0.457 e. The van der Waals surface area contributed by atoms with Gasteiger partial charge in [-0.3, -0.25) is 39.9 Å². The molecular formula is C66H54N10O8. The van der Waals surface area contributed by atoms with Gasteiger partial charge >= 0.3 is 0 Å². The first-order valence-corrected chi connectivity index (χ1v) is 26.8. The maximum atomic E-state index is 10.4. The Morgan fingerprint density at radius 2 is 0.500 bits per heavy atom. The summed E-state index contributed by atoms with van der Waals surface area (Å²) in [5.74, 6) is 4.41. The van der Waals surface area contributed by atoms with E-state index in [0.29, 0.717) is 91.5 Å². The highest BCUT2D eigenvalue weighted by Gasteiger charge is 2.16. The number of aromatic nitrogens is 6. The molecule has 7 aliphatic rings. The summed E-state index contributed by atoms with van der Waals surface area (Å²) in [6.45, 7) is -0.964. The number of aliphatic hydroxyl groups excluding tert-OH is 4. The van der Waals surface area contributed by atoms with E-state index in [4.69, 9.17) is 18.9 Å². The third kappa shape index (κ3) is 14.3. The van der Waals surface area contributed by atoms with E-state index in [-0.39, 0.29) is 26.4 Å². The predicted octanol–water partition coefficient (Wildman–Crippen LogP) is 11.5. The molecule has 0 aliphatic carbocycles. The number of ether oxygens (including phenoxy) is 4. The van der Waals surface area contributed by atoms with Gasteiger partial charge in [0.2, 0.25) is 0 Å². The van der Waals surface area contributed by atoms with E-state index in [1.54, 1.807) is 98.2 Å². The van der Waals surface area contributed by atoms with E-state index in [1.807, 2.05) is 133 Å². The molecule has 13 heterocycles. The Labute approximate surface area is 483 Å². The summed E-state index contributed by atoms with van der Waals surface area (Å²) in [6.07, 6.45) is 13.0. The summed E-state index contributed by atoms with van der Waals surface area (Å²) in [7, 11) is 0. The fraction of sp³-hybridized carbons (Fsp3) is 0.121. The van der Waals surface area contributed by atoms with Crippen LogP contribution in [-0.4, -0.2) is 102 Å². The molecule has 18 nitrogen and oxygen atoms in total. The zero-order valence-electron chi connectivity index (χ0n) is 45.0. The van der Waals surface area contributed by atoms with Crippen LogP contribution in [0.1, 0.15) is 69.2 Å². The molecule has 0 radical (unpaired) electrons. The normalized spacial score (nSPS) is 16.2. The summed E-state index contributed by atoms with van der Waals surface area (Å²) >= 11 is 0. The van der Waals surface area contributed by atoms with Crippen molar-refractivity contribution in [2.24, 2.45) is 20.0 Å². The average molecular weight is 1120 g/mol. The molecule has 0 saturated heterocycles. The fourth-order valence-corrected chi connectivity index (χ4v) is 8.88. The predicted molar refractivity (Wildman–Crippen MR) is 319 cm³/mol. The second-order valence-corrected chi connectivity index (χ2v) is 19.1. The van der Waals surface area contributed by atoms with E-state index in [0.717, 1.165) is 22.3 Å². The topological polar surface area (TPSA) is 245 Å². The Morgan fingerprint density at radius 3 is 0.714 bits per heavy atom. The molecule has 4 N–H and O–H groups in total. The monoisotopic (exact) mass is 1110 g/mol. The van der Waals surface area contributed by atoms with Crippen LogP contribution in [0.15, 0.2) is 227 Å². The summed E-state index contributed by atoms with van der Waals surface area (Å²) in [5, 5.41) is 41.5. The summed E-state index contributed by atoms with van der Waals surface area (Å²) in [4.78, 5) is 46.2. The van der Waals surface area contributed by atoms with E-state index in [2.05, 4.69) is 49.9 Å². The Kier molecular flexibility index (Phi) is 17.7. The third-order valence-electron chi connectivity index (χ3n) is 13.3. The quantitative estimate of drug-likeness (QED) is 0.128. The molecule has 0 spiro atoms. The minimum atomic E-state index is -0.570. The van der Waals surface area contributed by atoms with Crippen molar-refractivity contribution in [3.05, 3.63) is 252 Å². The van der Waals surface area contributed by atoms with Crippen molar-refractivity contribution in [3.8, 4) is 68.8 Å². The van der Waals surface area contributed by atoms with Crippen molar-refractivity contribution < 1.29 is 39.4 Å². The van der Waals surface area contributed by atoms with Gasteiger partial charge in [-0.2, -0.15) is 0 Å². The number of aliphatic hydroxyl groups is 4. The summed E-state index contributed by atoms with van der Waals surface area (Å²) in [5.41, 5.74) is 7.58. The Morgan fingerprint density at radius 1 is 0.274 bits per heavy atom. The molecule has 0 fully saturated rings. The van der Waals surface area contributed by atoms with Gasteiger partial charge in [0, 0.05) is 73.9 Å². The van der Waals surface area contributed by atoms with Crippen LogP contribution in [-0.2, 0) is 0 Å². The van der Waals surface area contributed by atoms with Crippen LogP contribution in [0.3, 0.4) is 0 Å². The highest BCUT2D eigenvalue weighted by Crippen LogP contribution is 2.33. The molecule has 10 aromatic rings. The van der Waals surface area contributed by atoms with Crippen molar-refractivity contribution in [3.63, 3.8) is 0 Å². The molecule has 4 aromatic carbocycles. The van der Waals surface area contributed by atoms with E-state index in [1.165, 1.54) is 0 Å². The zero-order valence-corrected chi connectivity index (χ0v) is 45.0. The van der Waals surface area contributed by atoms with Crippen molar-refractivity contribution in [1.29, 1.82) is 0 Å². The number of rotatable bonds is 4. The first kappa shape index (κ1) is 55.4. The highest BCUT2D eigenvalue weighted by atomic mass is 16.5. The van der Waals surface area contributed by atoms with E-state index >= 15 is 0 Å². The highest BCUT2D eigenvalue weighted by molar-refractivity contribution is 5.83. The lowest BCUT2D eigenvalue weighted by Gasteiger charge is -2.13. The molecular weight excluding hydrogens is 1060 g/mol. The number of aliphatic imine (C=N–C) groups is 4. The smallest absolute Gasteiger partial charge is 0.131 e. The lowest BCUT2D eigenvalue weighted by atomic mass is 10.1. The second kappa shape index (κ2) is 26.8. The van der Waals surface area contributed by atoms with Crippen molar-refractivity contribution in [2.75, 3.05) is 26.4 Å². The van der Waals surface area contributed by atoms with Crippen LogP contribution in [0.5, 0.6) is 46.0 Å². The van der Waals surface area contributed by atoms with Gasteiger partial charge in [0.05, 0.1) is 96.1 Å².